The van der Waals surface area contributed by atoms with Crippen molar-refractivity contribution in [3.05, 3.63) is 89.5 Å². The Kier molecular flexibility index (Phi) is 9.56. The first-order valence-corrected chi connectivity index (χ1v) is 13.0. The van der Waals surface area contributed by atoms with Gasteiger partial charge in [-0.25, -0.2) is 9.59 Å². The van der Waals surface area contributed by atoms with E-state index in [0.29, 0.717) is 24.4 Å². The molecule has 4 rings (SSSR count). The fraction of sp³-hybridized carbons (Fsp3) is 0.367. The lowest BCUT2D eigenvalue weighted by Crippen LogP contribution is -2.44. The average Bonchev–Trinajstić information content (AvgIpc) is 3.40. The molecule has 2 aromatic carbocycles. The van der Waals surface area contributed by atoms with Gasteiger partial charge in [-0.2, -0.15) is 0 Å². The monoisotopic (exact) mass is 518 g/mol. The third-order valence-corrected chi connectivity index (χ3v) is 6.54. The summed E-state index contributed by atoms with van der Waals surface area (Å²) in [5.74, 6) is 0.00145. The van der Waals surface area contributed by atoms with Crippen molar-refractivity contribution in [2.45, 2.75) is 44.8 Å². The van der Waals surface area contributed by atoms with Crippen molar-refractivity contribution in [2.24, 2.45) is 0 Å². The molecule has 0 radical (unpaired) electrons. The molecule has 0 bridgehead atoms. The van der Waals surface area contributed by atoms with E-state index in [2.05, 4.69) is 12.2 Å². The lowest BCUT2D eigenvalue weighted by Gasteiger charge is -2.27. The standard InChI is InChI=1S/C30H34N2O6/c1-31(20-26-15-9-17-32(26)30(35)37-22-24-12-6-3-7-13-24)29(34)38-27-16-8-14-25(18-27)19-28(33)36-21-23-10-4-2-5-11-23/h3-4,6-8,10-14,16,18,26H,2,5,9,15,17,19-22H2,1H3. The minimum absolute atomic E-state index is 0.0837. The van der Waals surface area contributed by atoms with E-state index in [1.165, 1.54) is 4.90 Å². The number of hydrogen-bond donors (Lipinski definition) is 0. The minimum Gasteiger partial charge on any atom is -0.461 e. The zero-order valence-corrected chi connectivity index (χ0v) is 21.7. The Hall–Kier alpha value is -4.07. The fourth-order valence-electron chi connectivity index (χ4n) is 4.51. The summed E-state index contributed by atoms with van der Waals surface area (Å²) < 4.78 is 16.4. The molecule has 1 fully saturated rings. The lowest BCUT2D eigenvalue weighted by atomic mass is 10.1. The molecule has 0 spiro atoms. The van der Waals surface area contributed by atoms with Crippen LogP contribution in [-0.2, 0) is 27.3 Å². The van der Waals surface area contributed by atoms with Gasteiger partial charge in [-0.05, 0) is 54.5 Å². The van der Waals surface area contributed by atoms with Crippen LogP contribution in [-0.4, -0.2) is 60.7 Å². The van der Waals surface area contributed by atoms with E-state index in [4.69, 9.17) is 14.2 Å². The smallest absolute Gasteiger partial charge is 0.415 e. The fourth-order valence-corrected chi connectivity index (χ4v) is 4.51. The van der Waals surface area contributed by atoms with Crippen LogP contribution in [0.5, 0.6) is 5.75 Å². The second-order valence-electron chi connectivity index (χ2n) is 9.52. The molecule has 1 aliphatic heterocycles. The van der Waals surface area contributed by atoms with E-state index in [1.807, 2.05) is 36.4 Å². The second-order valence-corrected chi connectivity index (χ2v) is 9.52. The molecule has 2 aliphatic rings. The van der Waals surface area contributed by atoms with Gasteiger partial charge < -0.3 is 24.0 Å². The first-order valence-electron chi connectivity index (χ1n) is 13.0. The number of rotatable bonds is 9. The molecule has 2 amide bonds. The molecule has 8 nitrogen and oxygen atoms in total. The Labute approximate surface area is 223 Å². The van der Waals surface area contributed by atoms with Crippen LogP contribution < -0.4 is 4.74 Å². The topological polar surface area (TPSA) is 85.4 Å². The Bertz CT molecular complexity index is 1180. The maximum atomic E-state index is 12.8. The number of esters is 1. The van der Waals surface area contributed by atoms with Gasteiger partial charge in [0.1, 0.15) is 19.0 Å². The van der Waals surface area contributed by atoms with Crippen molar-refractivity contribution >= 4 is 18.2 Å². The zero-order valence-electron chi connectivity index (χ0n) is 21.7. The zero-order chi connectivity index (χ0) is 26.7. The molecule has 1 heterocycles. The molecular formula is C30H34N2O6. The van der Waals surface area contributed by atoms with Gasteiger partial charge in [-0.15, -0.1) is 0 Å². The largest absolute Gasteiger partial charge is 0.461 e. The third-order valence-electron chi connectivity index (χ3n) is 6.54. The highest BCUT2D eigenvalue weighted by atomic mass is 16.6. The number of carbonyl (C=O) groups is 3. The summed E-state index contributed by atoms with van der Waals surface area (Å²) in [4.78, 5) is 40.8. The first kappa shape index (κ1) is 27.0. The van der Waals surface area contributed by atoms with Crippen LogP contribution in [0.4, 0.5) is 9.59 Å². The number of ether oxygens (including phenoxy) is 3. The summed E-state index contributed by atoms with van der Waals surface area (Å²) >= 11 is 0. The molecule has 1 saturated heterocycles. The minimum atomic E-state index is -0.537. The summed E-state index contributed by atoms with van der Waals surface area (Å²) in [5.41, 5.74) is 2.62. The summed E-state index contributed by atoms with van der Waals surface area (Å²) in [5, 5.41) is 0. The highest BCUT2D eigenvalue weighted by molar-refractivity contribution is 5.74. The highest BCUT2D eigenvalue weighted by Gasteiger charge is 2.32. The highest BCUT2D eigenvalue weighted by Crippen LogP contribution is 2.21. The molecule has 1 unspecified atom stereocenters. The molecule has 0 saturated carbocycles. The molecule has 2 aromatic rings. The van der Waals surface area contributed by atoms with Gasteiger partial charge in [0.2, 0.25) is 0 Å². The van der Waals surface area contributed by atoms with Gasteiger partial charge in [-0.3, -0.25) is 4.79 Å². The molecule has 1 aliphatic carbocycles. The van der Waals surface area contributed by atoms with Gasteiger partial charge in [-0.1, -0.05) is 60.7 Å². The molecule has 0 aromatic heterocycles. The van der Waals surface area contributed by atoms with Crippen molar-refractivity contribution in [1.82, 2.24) is 9.80 Å². The van der Waals surface area contributed by atoms with Crippen LogP contribution >= 0.6 is 0 Å². The summed E-state index contributed by atoms with van der Waals surface area (Å²) in [7, 11) is 1.64. The maximum Gasteiger partial charge on any atom is 0.415 e. The van der Waals surface area contributed by atoms with Gasteiger partial charge in [0, 0.05) is 20.1 Å². The third kappa shape index (κ3) is 7.96. The van der Waals surface area contributed by atoms with E-state index >= 15 is 0 Å². The Morgan fingerprint density at radius 3 is 2.58 bits per heavy atom. The summed E-state index contributed by atoms with van der Waals surface area (Å²) in [6, 6.07) is 16.2. The Morgan fingerprint density at radius 2 is 1.79 bits per heavy atom. The SMILES string of the molecule is CN(CC1CCCN1C(=O)OCc1ccccc1)C(=O)Oc1cccc(CC(=O)OCC2=CCCC=C2)c1. The van der Waals surface area contributed by atoms with E-state index in [1.54, 1.807) is 36.2 Å². The number of nitrogens with zero attached hydrogens (tertiary/aromatic N) is 2. The van der Waals surface area contributed by atoms with Crippen molar-refractivity contribution in [3.8, 4) is 5.75 Å². The Morgan fingerprint density at radius 1 is 0.974 bits per heavy atom. The number of carbonyl (C=O) groups excluding carboxylic acids is 3. The number of hydrogen-bond acceptors (Lipinski definition) is 6. The molecule has 200 valence electrons. The van der Waals surface area contributed by atoms with Crippen molar-refractivity contribution < 1.29 is 28.6 Å². The van der Waals surface area contributed by atoms with Crippen molar-refractivity contribution in [3.63, 3.8) is 0 Å². The molecule has 38 heavy (non-hydrogen) atoms. The molecule has 8 heteroatoms. The summed E-state index contributed by atoms with van der Waals surface area (Å²) in [6.45, 7) is 1.38. The predicted molar refractivity (Wildman–Crippen MR) is 143 cm³/mol. The van der Waals surface area contributed by atoms with Crippen LogP contribution in [0.25, 0.3) is 0 Å². The normalized spacial score (nSPS) is 16.5. The van der Waals surface area contributed by atoms with Crippen LogP contribution in [0.1, 0.15) is 36.8 Å². The van der Waals surface area contributed by atoms with Gasteiger partial charge in [0.05, 0.1) is 12.5 Å². The number of benzene rings is 2. The Balaban J connectivity index is 1.24. The number of likely N-dealkylation sites (tertiary alicyclic amines) is 1. The predicted octanol–water partition coefficient (Wildman–Crippen LogP) is 5.28. The first-order chi connectivity index (χ1) is 18.5. The van der Waals surface area contributed by atoms with Crippen LogP contribution in [0.3, 0.4) is 0 Å². The summed E-state index contributed by atoms with van der Waals surface area (Å²) in [6.07, 6.45) is 8.88. The van der Waals surface area contributed by atoms with Crippen LogP contribution in [0.15, 0.2) is 78.4 Å². The quantitative estimate of drug-likeness (QED) is 0.420. The van der Waals surface area contributed by atoms with E-state index in [-0.39, 0.29) is 37.7 Å². The van der Waals surface area contributed by atoms with Gasteiger partial charge >= 0.3 is 18.2 Å². The number of allylic oxidation sites excluding steroid dienone is 2. The average molecular weight is 519 g/mol. The molecule has 0 N–H and O–H groups in total. The van der Waals surface area contributed by atoms with Gasteiger partial charge in [0.15, 0.2) is 0 Å². The molecular weight excluding hydrogens is 484 g/mol. The number of amides is 2. The van der Waals surface area contributed by atoms with Crippen LogP contribution in [0, 0.1) is 0 Å². The maximum absolute atomic E-state index is 12.8. The van der Waals surface area contributed by atoms with Crippen molar-refractivity contribution in [2.75, 3.05) is 26.7 Å². The van der Waals surface area contributed by atoms with Crippen LogP contribution in [0.2, 0.25) is 0 Å². The van der Waals surface area contributed by atoms with E-state index < -0.39 is 6.09 Å². The lowest BCUT2D eigenvalue weighted by molar-refractivity contribution is -0.141. The van der Waals surface area contributed by atoms with E-state index in [0.717, 1.165) is 36.8 Å². The van der Waals surface area contributed by atoms with E-state index in [9.17, 15) is 14.4 Å². The number of likely N-dealkylation sites (N-methyl/N-ethyl adjacent to an activating group) is 1. The second kappa shape index (κ2) is 13.5. The van der Waals surface area contributed by atoms with Gasteiger partial charge in [0.25, 0.3) is 0 Å². The van der Waals surface area contributed by atoms with Crippen molar-refractivity contribution in [1.29, 1.82) is 0 Å². The molecule has 1 atom stereocenters.